The number of nitro benzene ring substituents is 2. The van der Waals surface area contributed by atoms with Crippen molar-refractivity contribution in [1.82, 2.24) is 0 Å². The van der Waals surface area contributed by atoms with E-state index in [9.17, 15) is 35.4 Å². The first-order valence-corrected chi connectivity index (χ1v) is 15.5. The topological polar surface area (TPSA) is 147 Å². The van der Waals surface area contributed by atoms with E-state index in [1.165, 1.54) is 36.4 Å². The zero-order chi connectivity index (χ0) is 34.1. The Balaban J connectivity index is 1.78. The highest BCUT2D eigenvalue weighted by Crippen LogP contribution is 2.64. The number of nitro groups is 2. The van der Waals surface area contributed by atoms with Crippen LogP contribution in [-0.4, -0.2) is 20.7 Å². The summed E-state index contributed by atoms with van der Waals surface area (Å²) >= 11 is 6.55. The molecule has 1 aliphatic carbocycles. The molecule has 0 saturated heterocycles. The summed E-state index contributed by atoms with van der Waals surface area (Å²) in [7, 11) is 0. The molecule has 1 N–H and O–H groups in total. The Bertz CT molecular complexity index is 2070. The first-order valence-electron chi connectivity index (χ1n) is 15.1. The first-order chi connectivity index (χ1) is 23.1. The SMILES string of the molecule is N#CC1(c2cccc(Cl)c2)C(c2cccc([N+](=O)[O-])c2)CC(O)(c2ccccc2)C(C(=O)c2ccccc2)C1c1cccc([N+](=O)[O-])c1. The van der Waals surface area contributed by atoms with E-state index in [0.29, 0.717) is 21.7 Å². The van der Waals surface area contributed by atoms with Crippen molar-refractivity contribution in [2.75, 3.05) is 0 Å². The van der Waals surface area contributed by atoms with Gasteiger partial charge in [-0.3, -0.25) is 25.0 Å². The minimum Gasteiger partial charge on any atom is -0.384 e. The van der Waals surface area contributed by atoms with Gasteiger partial charge in [0, 0.05) is 46.7 Å². The molecule has 10 heteroatoms. The first kappa shape index (κ1) is 32.3. The lowest BCUT2D eigenvalue weighted by molar-refractivity contribution is -0.385. The van der Waals surface area contributed by atoms with E-state index in [2.05, 4.69) is 6.07 Å². The number of ketones is 1. The number of Topliss-reactive ketones (excluding diaryl/α,β-unsaturated/α-hetero) is 1. The molecule has 238 valence electrons. The normalized spacial score (nSPS) is 23.5. The number of halogens is 1. The molecule has 1 saturated carbocycles. The molecule has 0 heterocycles. The van der Waals surface area contributed by atoms with Crippen molar-refractivity contribution in [3.63, 3.8) is 0 Å². The Morgan fingerprint density at radius 1 is 0.750 bits per heavy atom. The third kappa shape index (κ3) is 5.51. The number of hydrogen-bond acceptors (Lipinski definition) is 7. The molecule has 0 radical (unpaired) electrons. The van der Waals surface area contributed by atoms with Crippen molar-refractivity contribution < 1.29 is 19.7 Å². The van der Waals surface area contributed by atoms with Gasteiger partial charge in [0.15, 0.2) is 5.78 Å². The van der Waals surface area contributed by atoms with Gasteiger partial charge in [0.2, 0.25) is 0 Å². The van der Waals surface area contributed by atoms with Gasteiger partial charge in [-0.25, -0.2) is 0 Å². The number of nitrogens with zero attached hydrogens (tertiary/aromatic N) is 3. The van der Waals surface area contributed by atoms with E-state index < -0.39 is 44.4 Å². The third-order valence-electron chi connectivity index (χ3n) is 9.43. The summed E-state index contributed by atoms with van der Waals surface area (Å²) < 4.78 is 0. The van der Waals surface area contributed by atoms with Gasteiger partial charge in [-0.05, 0) is 40.8 Å². The predicted octanol–water partition coefficient (Wildman–Crippen LogP) is 8.28. The van der Waals surface area contributed by atoms with Crippen molar-refractivity contribution in [3.8, 4) is 6.07 Å². The summed E-state index contributed by atoms with van der Waals surface area (Å²) in [5.74, 6) is -4.04. The van der Waals surface area contributed by atoms with Gasteiger partial charge in [0.1, 0.15) is 5.60 Å². The van der Waals surface area contributed by atoms with Crippen LogP contribution in [-0.2, 0) is 11.0 Å². The summed E-state index contributed by atoms with van der Waals surface area (Å²) in [6.07, 6.45) is -0.201. The maximum atomic E-state index is 15.0. The number of non-ortho nitro benzene ring substituents is 2. The van der Waals surface area contributed by atoms with Crippen LogP contribution in [0.3, 0.4) is 0 Å². The number of aliphatic hydroxyl groups is 1. The lowest BCUT2D eigenvalue weighted by Crippen LogP contribution is -2.58. The maximum Gasteiger partial charge on any atom is 0.269 e. The van der Waals surface area contributed by atoms with Crippen LogP contribution in [0.1, 0.15) is 50.9 Å². The second-order valence-electron chi connectivity index (χ2n) is 11.9. The zero-order valence-corrected chi connectivity index (χ0v) is 26.1. The summed E-state index contributed by atoms with van der Waals surface area (Å²) in [5.41, 5.74) is -2.47. The van der Waals surface area contributed by atoms with Gasteiger partial charge < -0.3 is 5.11 Å². The smallest absolute Gasteiger partial charge is 0.269 e. The molecule has 1 aliphatic rings. The van der Waals surface area contributed by atoms with Gasteiger partial charge in [-0.15, -0.1) is 0 Å². The molecule has 0 amide bonds. The fourth-order valence-corrected chi connectivity index (χ4v) is 7.58. The molecule has 6 rings (SSSR count). The monoisotopic (exact) mass is 657 g/mol. The highest BCUT2D eigenvalue weighted by Gasteiger charge is 2.64. The Morgan fingerprint density at radius 2 is 1.29 bits per heavy atom. The van der Waals surface area contributed by atoms with Crippen LogP contribution in [0, 0.1) is 37.5 Å². The molecule has 5 atom stereocenters. The Hall–Kier alpha value is -5.69. The quantitative estimate of drug-likeness (QED) is 0.100. The number of hydrogen-bond donors (Lipinski definition) is 1. The summed E-state index contributed by atoms with van der Waals surface area (Å²) in [4.78, 5) is 37.9. The van der Waals surface area contributed by atoms with Crippen molar-refractivity contribution in [2.24, 2.45) is 5.92 Å². The highest BCUT2D eigenvalue weighted by molar-refractivity contribution is 6.30. The maximum absolute atomic E-state index is 15.0. The standard InChI is InChI=1S/C38H28ClN3O6/c39-30-17-9-16-29(22-30)37(24-40)33(26-12-7-18-31(20-26)41(45)46)23-38(44,28-14-5-2-6-15-28)35(36(43)25-10-3-1-4-11-25)34(37)27-13-8-19-32(21-27)42(47)48/h1-22,33-35,44H,23H2. The number of nitriles is 1. The van der Waals surface area contributed by atoms with Gasteiger partial charge in [-0.2, -0.15) is 5.26 Å². The lowest BCUT2D eigenvalue weighted by atomic mass is 9.46. The van der Waals surface area contributed by atoms with Crippen molar-refractivity contribution in [1.29, 1.82) is 5.26 Å². The number of carbonyl (C=O) groups excluding carboxylic acids is 1. The highest BCUT2D eigenvalue weighted by atomic mass is 35.5. The van der Waals surface area contributed by atoms with E-state index in [1.807, 2.05) is 0 Å². The number of benzene rings is 5. The van der Waals surface area contributed by atoms with Crippen molar-refractivity contribution in [3.05, 3.63) is 187 Å². The van der Waals surface area contributed by atoms with Gasteiger partial charge in [0.25, 0.3) is 11.4 Å². The molecular formula is C38H28ClN3O6. The third-order valence-corrected chi connectivity index (χ3v) is 9.66. The molecule has 0 aromatic heterocycles. The minimum atomic E-state index is -1.96. The number of carbonyl (C=O) groups is 1. The van der Waals surface area contributed by atoms with Crippen LogP contribution in [0.25, 0.3) is 0 Å². The van der Waals surface area contributed by atoms with E-state index in [-0.39, 0.29) is 28.9 Å². The molecule has 0 spiro atoms. The zero-order valence-electron chi connectivity index (χ0n) is 25.3. The van der Waals surface area contributed by atoms with Gasteiger partial charge in [0.05, 0.1) is 27.2 Å². The minimum absolute atomic E-state index is 0.201. The van der Waals surface area contributed by atoms with Crippen LogP contribution in [0.5, 0.6) is 0 Å². The molecule has 9 nitrogen and oxygen atoms in total. The van der Waals surface area contributed by atoms with Gasteiger partial charge in [-0.1, -0.05) is 109 Å². The molecule has 0 aliphatic heterocycles. The predicted molar refractivity (Wildman–Crippen MR) is 180 cm³/mol. The van der Waals surface area contributed by atoms with Gasteiger partial charge >= 0.3 is 0 Å². The van der Waals surface area contributed by atoms with Crippen LogP contribution in [0.2, 0.25) is 5.02 Å². The average Bonchev–Trinajstić information content (AvgIpc) is 3.11. The number of rotatable bonds is 8. The Kier molecular flexibility index (Phi) is 8.63. The van der Waals surface area contributed by atoms with E-state index in [4.69, 9.17) is 11.6 Å². The molecule has 5 aromatic carbocycles. The molecule has 1 fully saturated rings. The van der Waals surface area contributed by atoms with Crippen LogP contribution in [0.15, 0.2) is 133 Å². The van der Waals surface area contributed by atoms with Crippen LogP contribution < -0.4 is 0 Å². The van der Waals surface area contributed by atoms with E-state index >= 15 is 0 Å². The van der Waals surface area contributed by atoms with E-state index in [0.717, 1.165) is 0 Å². The summed E-state index contributed by atoms with van der Waals surface area (Å²) in [6.45, 7) is 0. The summed E-state index contributed by atoms with van der Waals surface area (Å²) in [6, 6.07) is 37.7. The second kappa shape index (κ2) is 12.8. The molecule has 5 aromatic rings. The summed E-state index contributed by atoms with van der Waals surface area (Å²) in [5, 5.41) is 49.1. The molecule has 5 unspecified atom stereocenters. The lowest BCUT2D eigenvalue weighted by Gasteiger charge is -2.56. The largest absolute Gasteiger partial charge is 0.384 e. The fourth-order valence-electron chi connectivity index (χ4n) is 7.39. The molecular weight excluding hydrogens is 630 g/mol. The second-order valence-corrected chi connectivity index (χ2v) is 12.4. The fraction of sp³-hybridized carbons (Fsp3) is 0.158. The van der Waals surface area contributed by atoms with Crippen molar-refractivity contribution >= 4 is 28.8 Å². The van der Waals surface area contributed by atoms with Crippen molar-refractivity contribution in [2.45, 2.75) is 29.3 Å². The molecule has 0 bridgehead atoms. The van der Waals surface area contributed by atoms with Crippen LogP contribution in [0.4, 0.5) is 11.4 Å². The molecule has 48 heavy (non-hydrogen) atoms. The van der Waals surface area contributed by atoms with Crippen LogP contribution >= 0.6 is 11.6 Å². The van der Waals surface area contributed by atoms with E-state index in [1.54, 1.807) is 97.1 Å². The Labute approximate surface area is 281 Å². The Morgan fingerprint density at radius 3 is 1.88 bits per heavy atom. The average molecular weight is 658 g/mol.